The second-order valence-electron chi connectivity index (χ2n) is 4.10. The molecule has 0 aliphatic carbocycles. The highest BCUT2D eigenvalue weighted by molar-refractivity contribution is 7.91. The first-order chi connectivity index (χ1) is 9.04. The number of thiophene rings is 1. The molecule has 5 nitrogen and oxygen atoms in total. The van der Waals surface area contributed by atoms with Gasteiger partial charge in [-0.25, -0.2) is 8.42 Å². The Morgan fingerprint density at radius 1 is 1.37 bits per heavy atom. The molecule has 0 aliphatic rings. The molecule has 104 valence electrons. The number of hydrogen-bond donors (Lipinski definition) is 1. The third kappa shape index (κ3) is 3.24. The van der Waals surface area contributed by atoms with Crippen LogP contribution in [-0.2, 0) is 23.0 Å². The van der Waals surface area contributed by atoms with E-state index in [1.807, 2.05) is 6.07 Å². The highest BCUT2D eigenvalue weighted by atomic mass is 32.2. The molecule has 0 unspecified atom stereocenters. The summed E-state index contributed by atoms with van der Waals surface area (Å²) in [5, 5.41) is 0. The van der Waals surface area contributed by atoms with Crippen molar-refractivity contribution in [2.75, 3.05) is 13.6 Å². The summed E-state index contributed by atoms with van der Waals surface area (Å²) >= 11 is 1.27. The highest BCUT2D eigenvalue weighted by Gasteiger charge is 2.23. The van der Waals surface area contributed by atoms with E-state index in [0.29, 0.717) is 22.9 Å². The molecule has 2 N–H and O–H groups in total. The van der Waals surface area contributed by atoms with Crippen LogP contribution in [0.15, 0.2) is 39.2 Å². The summed E-state index contributed by atoms with van der Waals surface area (Å²) in [5.74, 6) is 0.616. The van der Waals surface area contributed by atoms with E-state index in [1.165, 1.54) is 21.9 Å². The largest absolute Gasteiger partial charge is 0.468 e. The molecule has 0 fully saturated rings. The maximum absolute atomic E-state index is 12.3. The van der Waals surface area contributed by atoms with Crippen molar-refractivity contribution in [3.8, 4) is 0 Å². The number of hydrogen-bond acceptors (Lipinski definition) is 5. The zero-order valence-electron chi connectivity index (χ0n) is 10.6. The molecule has 0 aromatic carbocycles. The lowest BCUT2D eigenvalue weighted by molar-refractivity contribution is 0.407. The summed E-state index contributed by atoms with van der Waals surface area (Å²) in [6.07, 6.45) is 2.22. The Labute approximate surface area is 116 Å². The number of nitrogens with two attached hydrogens (primary N) is 1. The van der Waals surface area contributed by atoms with Gasteiger partial charge >= 0.3 is 0 Å². The summed E-state index contributed by atoms with van der Waals surface area (Å²) in [6, 6.07) is 6.93. The van der Waals surface area contributed by atoms with Gasteiger partial charge in [-0.15, -0.1) is 11.3 Å². The van der Waals surface area contributed by atoms with Crippen LogP contribution in [-0.4, -0.2) is 26.3 Å². The smallest absolute Gasteiger partial charge is 0.252 e. The first-order valence-corrected chi connectivity index (χ1v) is 8.07. The van der Waals surface area contributed by atoms with Crippen molar-refractivity contribution < 1.29 is 12.8 Å². The molecule has 0 atom stereocenters. The fourth-order valence-corrected chi connectivity index (χ4v) is 4.35. The van der Waals surface area contributed by atoms with Gasteiger partial charge in [-0.3, -0.25) is 0 Å². The summed E-state index contributed by atoms with van der Waals surface area (Å²) in [4.78, 5) is 0.979. The van der Waals surface area contributed by atoms with E-state index in [9.17, 15) is 8.42 Å². The standard InChI is InChI=1S/C12H16N2O3S2/c1-14(9-10-3-2-8-17-10)19(15,16)12-5-4-11(18-12)6-7-13/h2-5,8H,6-7,9,13H2,1H3. The minimum Gasteiger partial charge on any atom is -0.468 e. The average Bonchev–Trinajstić information content (AvgIpc) is 3.00. The van der Waals surface area contributed by atoms with Gasteiger partial charge in [-0.05, 0) is 37.2 Å². The van der Waals surface area contributed by atoms with Gasteiger partial charge in [-0.2, -0.15) is 4.31 Å². The number of furan rings is 1. The molecular weight excluding hydrogens is 284 g/mol. The summed E-state index contributed by atoms with van der Waals surface area (Å²) < 4.78 is 31.5. The molecule has 0 radical (unpaired) electrons. The Kier molecular flexibility index (Phi) is 4.41. The third-order valence-electron chi connectivity index (χ3n) is 2.65. The van der Waals surface area contributed by atoms with Gasteiger partial charge < -0.3 is 10.2 Å². The minimum atomic E-state index is -3.46. The van der Waals surface area contributed by atoms with Gasteiger partial charge in [0.1, 0.15) is 9.97 Å². The molecule has 0 spiro atoms. The van der Waals surface area contributed by atoms with E-state index in [-0.39, 0.29) is 6.54 Å². The Hall–Kier alpha value is -1.15. The van der Waals surface area contributed by atoms with Crippen LogP contribution in [0.2, 0.25) is 0 Å². The van der Waals surface area contributed by atoms with Gasteiger partial charge in [0, 0.05) is 11.9 Å². The lowest BCUT2D eigenvalue weighted by Gasteiger charge is -2.14. The molecule has 0 amide bonds. The van der Waals surface area contributed by atoms with E-state index in [1.54, 1.807) is 25.2 Å². The van der Waals surface area contributed by atoms with Gasteiger partial charge in [0.25, 0.3) is 10.0 Å². The highest BCUT2D eigenvalue weighted by Crippen LogP contribution is 2.25. The van der Waals surface area contributed by atoms with Gasteiger partial charge in [0.15, 0.2) is 0 Å². The molecule has 2 aromatic heterocycles. The molecule has 0 saturated carbocycles. The molecule has 7 heteroatoms. The van der Waals surface area contributed by atoms with E-state index < -0.39 is 10.0 Å². The number of sulfonamides is 1. The Bertz CT molecular complexity index is 617. The van der Waals surface area contributed by atoms with Gasteiger partial charge in [-0.1, -0.05) is 0 Å². The lowest BCUT2D eigenvalue weighted by atomic mass is 10.3. The second-order valence-corrected chi connectivity index (χ2v) is 7.54. The Morgan fingerprint density at radius 3 is 2.79 bits per heavy atom. The van der Waals surface area contributed by atoms with Crippen molar-refractivity contribution in [3.05, 3.63) is 41.2 Å². The maximum Gasteiger partial charge on any atom is 0.252 e. The molecule has 0 bridgehead atoms. The summed E-state index contributed by atoms with van der Waals surface area (Å²) in [7, 11) is -1.92. The summed E-state index contributed by atoms with van der Waals surface area (Å²) in [5.41, 5.74) is 5.46. The van der Waals surface area contributed by atoms with Gasteiger partial charge in [0.2, 0.25) is 0 Å². The van der Waals surface area contributed by atoms with Crippen molar-refractivity contribution in [3.63, 3.8) is 0 Å². The van der Waals surface area contributed by atoms with Crippen molar-refractivity contribution >= 4 is 21.4 Å². The number of nitrogens with zero attached hydrogens (tertiary/aromatic N) is 1. The van der Waals surface area contributed by atoms with E-state index in [4.69, 9.17) is 10.2 Å². The average molecular weight is 300 g/mol. The summed E-state index contributed by atoms with van der Waals surface area (Å²) in [6.45, 7) is 0.738. The molecule has 19 heavy (non-hydrogen) atoms. The monoisotopic (exact) mass is 300 g/mol. The molecule has 2 aromatic rings. The fraction of sp³-hybridized carbons (Fsp3) is 0.333. The first-order valence-electron chi connectivity index (χ1n) is 5.81. The molecule has 0 aliphatic heterocycles. The molecular formula is C12H16N2O3S2. The SMILES string of the molecule is CN(Cc1ccco1)S(=O)(=O)c1ccc(CCN)s1. The van der Waals surface area contributed by atoms with Gasteiger partial charge in [0.05, 0.1) is 12.8 Å². The van der Waals surface area contributed by atoms with Crippen LogP contribution in [0.5, 0.6) is 0 Å². The van der Waals surface area contributed by atoms with Crippen LogP contribution in [0.25, 0.3) is 0 Å². The van der Waals surface area contributed by atoms with E-state index >= 15 is 0 Å². The predicted octanol–water partition coefficient (Wildman–Crippen LogP) is 1.66. The van der Waals surface area contributed by atoms with Crippen LogP contribution in [0.1, 0.15) is 10.6 Å². The quantitative estimate of drug-likeness (QED) is 0.880. The Morgan fingerprint density at radius 2 is 2.16 bits per heavy atom. The van der Waals surface area contributed by atoms with Crippen molar-refractivity contribution in [1.29, 1.82) is 0 Å². The lowest BCUT2D eigenvalue weighted by Crippen LogP contribution is -2.25. The van der Waals surface area contributed by atoms with Crippen molar-refractivity contribution in [2.24, 2.45) is 5.73 Å². The molecule has 2 heterocycles. The molecule has 0 saturated heterocycles. The van der Waals surface area contributed by atoms with Crippen LogP contribution < -0.4 is 5.73 Å². The normalized spacial score (nSPS) is 12.2. The van der Waals surface area contributed by atoms with Crippen LogP contribution in [0.3, 0.4) is 0 Å². The zero-order valence-corrected chi connectivity index (χ0v) is 12.2. The van der Waals surface area contributed by atoms with E-state index in [0.717, 1.165) is 4.88 Å². The third-order valence-corrected chi connectivity index (χ3v) is 6.07. The predicted molar refractivity (Wildman–Crippen MR) is 74.4 cm³/mol. The van der Waals surface area contributed by atoms with Crippen molar-refractivity contribution in [2.45, 2.75) is 17.2 Å². The Balaban J connectivity index is 2.16. The second kappa shape index (κ2) is 5.87. The van der Waals surface area contributed by atoms with Crippen LogP contribution >= 0.6 is 11.3 Å². The minimum absolute atomic E-state index is 0.222. The fourth-order valence-electron chi connectivity index (χ4n) is 1.63. The topological polar surface area (TPSA) is 76.5 Å². The van der Waals surface area contributed by atoms with Crippen LogP contribution in [0, 0.1) is 0 Å². The van der Waals surface area contributed by atoms with Crippen LogP contribution in [0.4, 0.5) is 0 Å². The van der Waals surface area contributed by atoms with E-state index in [2.05, 4.69) is 0 Å². The first kappa shape index (κ1) is 14.3. The van der Waals surface area contributed by atoms with Crippen molar-refractivity contribution in [1.82, 2.24) is 4.31 Å². The number of rotatable bonds is 6. The maximum atomic E-state index is 12.3. The zero-order chi connectivity index (χ0) is 13.9. The molecule has 2 rings (SSSR count).